The van der Waals surface area contributed by atoms with E-state index in [9.17, 15) is 9.59 Å². The molecule has 39 heavy (non-hydrogen) atoms. The molecular weight excluding hydrogens is 532 g/mol. The summed E-state index contributed by atoms with van der Waals surface area (Å²) in [6, 6.07) is 15.8. The number of anilines is 1. The summed E-state index contributed by atoms with van der Waals surface area (Å²) in [4.78, 5) is 38.4. The lowest BCUT2D eigenvalue weighted by atomic mass is 9.86. The quantitative estimate of drug-likeness (QED) is 0.178. The van der Waals surface area contributed by atoms with Crippen LogP contribution in [0.2, 0.25) is 5.02 Å². The van der Waals surface area contributed by atoms with Crippen molar-refractivity contribution < 1.29 is 14.3 Å². The molecule has 1 aromatic heterocycles. The molecule has 4 rings (SSSR count). The summed E-state index contributed by atoms with van der Waals surface area (Å²) in [7, 11) is 1.60. The molecule has 2 amide bonds. The van der Waals surface area contributed by atoms with E-state index in [2.05, 4.69) is 27.4 Å². The highest BCUT2D eigenvalue weighted by atomic mass is 35.5. The third kappa shape index (κ3) is 8.07. The number of rotatable bonds is 10. The second kappa shape index (κ2) is 13.6. The van der Waals surface area contributed by atoms with Gasteiger partial charge in [0.25, 0.3) is 0 Å². The minimum Gasteiger partial charge on any atom is -0.497 e. The Morgan fingerprint density at radius 2 is 1.77 bits per heavy atom. The first-order valence-corrected chi connectivity index (χ1v) is 14.3. The fourth-order valence-electron chi connectivity index (χ4n) is 4.70. The summed E-state index contributed by atoms with van der Waals surface area (Å²) >= 11 is 7.41. The highest BCUT2D eigenvalue weighted by Gasteiger charge is 2.36. The van der Waals surface area contributed by atoms with E-state index in [0.29, 0.717) is 21.6 Å². The van der Waals surface area contributed by atoms with Gasteiger partial charge in [-0.15, -0.1) is 0 Å². The Morgan fingerprint density at radius 3 is 2.38 bits per heavy atom. The number of nitrogens with zero attached hydrogens (tertiary/aromatic N) is 3. The van der Waals surface area contributed by atoms with Crippen LogP contribution < -0.4 is 10.1 Å². The van der Waals surface area contributed by atoms with Crippen LogP contribution in [0.25, 0.3) is 0 Å². The van der Waals surface area contributed by atoms with Crippen molar-refractivity contribution in [3.05, 3.63) is 88.7 Å². The molecule has 0 spiro atoms. The molecular formula is C30H33ClN4O3S. The molecule has 0 saturated heterocycles. The maximum Gasteiger partial charge on any atom is 0.247 e. The average molecular weight is 565 g/mol. The summed E-state index contributed by atoms with van der Waals surface area (Å²) in [5.74, 6) is 0.433. The predicted octanol–water partition coefficient (Wildman–Crippen LogP) is 6.24. The molecule has 0 aliphatic heterocycles. The first-order valence-electron chi connectivity index (χ1n) is 12.9. The first kappa shape index (κ1) is 28.6. The van der Waals surface area contributed by atoms with Gasteiger partial charge < -0.3 is 15.0 Å². The van der Waals surface area contributed by atoms with Gasteiger partial charge in [-0.05, 0) is 87.1 Å². The molecule has 0 bridgehead atoms. The van der Waals surface area contributed by atoms with Crippen molar-refractivity contribution in [2.24, 2.45) is 5.92 Å². The van der Waals surface area contributed by atoms with Crippen LogP contribution in [-0.2, 0) is 16.1 Å². The van der Waals surface area contributed by atoms with Gasteiger partial charge in [-0.1, -0.05) is 47.6 Å². The van der Waals surface area contributed by atoms with E-state index in [-0.39, 0.29) is 30.0 Å². The number of amides is 2. The molecule has 1 heterocycles. The second-order valence-electron chi connectivity index (χ2n) is 9.58. The highest BCUT2D eigenvalue weighted by Crippen LogP contribution is 2.29. The first-order chi connectivity index (χ1) is 18.8. The van der Waals surface area contributed by atoms with Crippen LogP contribution in [0.4, 0.5) is 5.69 Å². The van der Waals surface area contributed by atoms with E-state index in [1.807, 2.05) is 32.0 Å². The van der Waals surface area contributed by atoms with Crippen LogP contribution in [0.1, 0.15) is 36.2 Å². The molecule has 1 aliphatic carbocycles. The van der Waals surface area contributed by atoms with Crippen molar-refractivity contribution in [2.45, 2.75) is 50.9 Å². The summed E-state index contributed by atoms with van der Waals surface area (Å²) in [6.45, 7) is 4.10. The van der Waals surface area contributed by atoms with Crippen molar-refractivity contribution in [2.75, 3.05) is 18.2 Å². The van der Waals surface area contributed by atoms with Gasteiger partial charge in [0.05, 0.1) is 12.9 Å². The zero-order chi connectivity index (χ0) is 27.8. The minimum atomic E-state index is -0.666. The van der Waals surface area contributed by atoms with E-state index in [1.54, 1.807) is 48.4 Å². The van der Waals surface area contributed by atoms with Gasteiger partial charge in [0.1, 0.15) is 11.8 Å². The van der Waals surface area contributed by atoms with E-state index >= 15 is 0 Å². The molecule has 3 aromatic rings. The lowest BCUT2D eigenvalue weighted by Crippen LogP contribution is -2.51. The zero-order valence-electron chi connectivity index (χ0n) is 22.4. The Balaban J connectivity index is 1.63. The fourth-order valence-corrected chi connectivity index (χ4v) is 5.66. The standard InChI is InChI=1S/C30H33ClN4O3S/c1-20-17-21(2)33-30(32-20)39-19-27(36)35(18-22-9-11-24(31)12-10-22)28(23-7-5-4-6-8-23)29(37)34-25-13-15-26(38-3)16-14-25/h4-5,9-17,23,28H,6-8,18-19H2,1-3H3,(H,34,37)/t23-,28-/m1/s1. The van der Waals surface area contributed by atoms with E-state index < -0.39 is 6.04 Å². The summed E-state index contributed by atoms with van der Waals surface area (Å²) in [5.41, 5.74) is 3.24. The van der Waals surface area contributed by atoms with E-state index in [1.165, 1.54) is 11.8 Å². The number of methoxy groups -OCH3 is 1. The molecule has 2 aromatic carbocycles. The van der Waals surface area contributed by atoms with Crippen LogP contribution >= 0.6 is 23.4 Å². The molecule has 9 heteroatoms. The number of allylic oxidation sites excluding steroid dienone is 2. The Kier molecular flexibility index (Phi) is 10.0. The number of hydrogen-bond acceptors (Lipinski definition) is 6. The van der Waals surface area contributed by atoms with Crippen LogP contribution in [0.5, 0.6) is 5.75 Å². The SMILES string of the molecule is COc1ccc(NC(=O)[C@@H]([C@@H]2CC=CCC2)N(Cc2ccc(Cl)cc2)C(=O)CSc2nc(C)cc(C)n2)cc1. The van der Waals surface area contributed by atoms with Crippen LogP contribution in [0, 0.1) is 19.8 Å². The largest absolute Gasteiger partial charge is 0.497 e. The number of aromatic nitrogens is 2. The Labute approximate surface area is 239 Å². The smallest absolute Gasteiger partial charge is 0.247 e. The predicted molar refractivity (Wildman–Crippen MR) is 156 cm³/mol. The number of aryl methyl sites for hydroxylation is 2. The molecule has 204 valence electrons. The van der Waals surface area contributed by atoms with Gasteiger partial charge in [0.2, 0.25) is 11.8 Å². The van der Waals surface area contributed by atoms with Crippen molar-refractivity contribution in [1.29, 1.82) is 0 Å². The Morgan fingerprint density at radius 1 is 1.08 bits per heavy atom. The number of thioether (sulfide) groups is 1. The summed E-state index contributed by atoms with van der Waals surface area (Å²) in [5, 5.41) is 4.21. The number of halogens is 1. The van der Waals surface area contributed by atoms with Crippen molar-refractivity contribution in [1.82, 2.24) is 14.9 Å². The molecule has 0 saturated carbocycles. The zero-order valence-corrected chi connectivity index (χ0v) is 24.0. The van der Waals surface area contributed by atoms with E-state index in [4.69, 9.17) is 16.3 Å². The third-order valence-electron chi connectivity index (χ3n) is 6.59. The lowest BCUT2D eigenvalue weighted by molar-refractivity contribution is -0.139. The maximum atomic E-state index is 13.9. The van der Waals surface area contributed by atoms with Crippen LogP contribution in [-0.4, -0.2) is 45.6 Å². The highest BCUT2D eigenvalue weighted by molar-refractivity contribution is 7.99. The summed E-state index contributed by atoms with van der Waals surface area (Å²) < 4.78 is 5.24. The second-order valence-corrected chi connectivity index (χ2v) is 11.0. The monoisotopic (exact) mass is 564 g/mol. The molecule has 0 unspecified atom stereocenters. The number of carbonyl (C=O) groups excluding carboxylic acids is 2. The number of hydrogen-bond donors (Lipinski definition) is 1. The topological polar surface area (TPSA) is 84.4 Å². The molecule has 2 atom stereocenters. The number of nitrogens with one attached hydrogen (secondary N) is 1. The number of ether oxygens (including phenoxy) is 1. The van der Waals surface area contributed by atoms with Crippen LogP contribution in [0.15, 0.2) is 71.9 Å². The average Bonchev–Trinajstić information content (AvgIpc) is 2.93. The van der Waals surface area contributed by atoms with Crippen molar-refractivity contribution in [3.63, 3.8) is 0 Å². The van der Waals surface area contributed by atoms with Crippen molar-refractivity contribution >= 4 is 40.9 Å². The molecule has 7 nitrogen and oxygen atoms in total. The molecule has 0 fully saturated rings. The molecule has 1 aliphatic rings. The van der Waals surface area contributed by atoms with Crippen LogP contribution in [0.3, 0.4) is 0 Å². The van der Waals surface area contributed by atoms with Gasteiger partial charge in [0, 0.05) is 28.6 Å². The molecule has 1 N–H and O–H groups in total. The van der Waals surface area contributed by atoms with Gasteiger partial charge in [0.15, 0.2) is 5.16 Å². The van der Waals surface area contributed by atoms with Gasteiger partial charge >= 0.3 is 0 Å². The Bertz CT molecular complexity index is 1290. The number of carbonyl (C=O) groups is 2. The van der Waals surface area contributed by atoms with E-state index in [0.717, 1.165) is 36.2 Å². The normalized spacial score (nSPS) is 15.4. The van der Waals surface area contributed by atoms with Crippen molar-refractivity contribution in [3.8, 4) is 5.75 Å². The Hall–Kier alpha value is -3.36. The fraction of sp³-hybridized carbons (Fsp3) is 0.333. The molecule has 0 radical (unpaired) electrons. The van der Waals surface area contributed by atoms with Gasteiger partial charge in [-0.2, -0.15) is 0 Å². The van der Waals surface area contributed by atoms with Gasteiger partial charge in [-0.3, -0.25) is 9.59 Å². The van der Waals surface area contributed by atoms with Gasteiger partial charge in [-0.25, -0.2) is 9.97 Å². The third-order valence-corrected chi connectivity index (χ3v) is 7.68. The maximum absolute atomic E-state index is 13.9. The number of benzene rings is 2. The minimum absolute atomic E-state index is 0.0213. The lowest BCUT2D eigenvalue weighted by Gasteiger charge is -2.37. The summed E-state index contributed by atoms with van der Waals surface area (Å²) in [6.07, 6.45) is 6.64.